The largest absolute Gasteiger partial charge is 0.501 e. The Morgan fingerprint density at radius 3 is 2.36 bits per heavy atom. The third-order valence-corrected chi connectivity index (χ3v) is 15.4. The molecule has 1 aromatic carbocycles. The molecule has 0 unspecified atom stereocenters. The lowest BCUT2D eigenvalue weighted by molar-refractivity contribution is 0.0558. The first-order valence-electron chi connectivity index (χ1n) is 13.8. The minimum absolute atomic E-state index is 0.00525. The van der Waals surface area contributed by atoms with Crippen molar-refractivity contribution < 1.29 is 13.9 Å². The zero-order valence-electron chi connectivity index (χ0n) is 23.3. The van der Waals surface area contributed by atoms with E-state index in [9.17, 15) is 0 Å². The fourth-order valence-electron chi connectivity index (χ4n) is 7.52. The summed E-state index contributed by atoms with van der Waals surface area (Å²) in [6.07, 6.45) is 13.3. The number of hydrogen-bond acceptors (Lipinski definition) is 3. The van der Waals surface area contributed by atoms with Gasteiger partial charge >= 0.3 is 0 Å². The summed E-state index contributed by atoms with van der Waals surface area (Å²) < 4.78 is 19.4. The van der Waals surface area contributed by atoms with Crippen LogP contribution in [0.4, 0.5) is 0 Å². The van der Waals surface area contributed by atoms with Gasteiger partial charge in [-0.15, -0.1) is 6.58 Å². The second kappa shape index (κ2) is 10.8. The summed E-state index contributed by atoms with van der Waals surface area (Å²) in [4.78, 5) is 0. The highest BCUT2D eigenvalue weighted by Gasteiger charge is 2.55. The van der Waals surface area contributed by atoms with Crippen LogP contribution in [0.5, 0.6) is 0 Å². The van der Waals surface area contributed by atoms with Crippen LogP contribution in [0.15, 0.2) is 78.6 Å². The maximum absolute atomic E-state index is 7.15. The molecule has 3 aliphatic rings. The highest BCUT2D eigenvalue weighted by atomic mass is 28.4. The van der Waals surface area contributed by atoms with Gasteiger partial charge in [0.1, 0.15) is 0 Å². The van der Waals surface area contributed by atoms with Crippen molar-refractivity contribution in [2.24, 2.45) is 16.7 Å². The van der Waals surface area contributed by atoms with Gasteiger partial charge in [0.25, 0.3) is 0 Å². The van der Waals surface area contributed by atoms with Crippen LogP contribution in [0, 0.1) is 16.7 Å². The van der Waals surface area contributed by atoms with E-state index in [1.807, 2.05) is 12.3 Å². The van der Waals surface area contributed by atoms with Crippen molar-refractivity contribution in [1.82, 2.24) is 0 Å². The lowest BCUT2D eigenvalue weighted by Crippen LogP contribution is -2.50. The van der Waals surface area contributed by atoms with Gasteiger partial charge in [0.05, 0.1) is 38.1 Å². The number of hydrogen-bond donors (Lipinski definition) is 0. The van der Waals surface area contributed by atoms with Crippen molar-refractivity contribution in [1.29, 1.82) is 0 Å². The molecule has 1 heterocycles. The van der Waals surface area contributed by atoms with E-state index in [1.54, 1.807) is 0 Å². The Kier molecular flexibility index (Phi) is 8.18. The van der Waals surface area contributed by atoms with E-state index in [2.05, 4.69) is 96.7 Å². The SMILES string of the molecule is C=C[C@@]1(COCc2ccccc2)C(CO[Si](C(C)C)(C(C)C)C(C)C)=CC[C@@]23C=COC[C@@H]2CC=C13. The van der Waals surface area contributed by atoms with Crippen LogP contribution in [0.25, 0.3) is 0 Å². The smallest absolute Gasteiger partial charge is 0.200 e. The summed E-state index contributed by atoms with van der Waals surface area (Å²) in [7, 11) is -2.01. The Bertz CT molecular complexity index is 984. The Hall–Kier alpha value is -1.88. The fraction of sp³-hybridized carbons (Fsp3) is 0.562. The van der Waals surface area contributed by atoms with Gasteiger partial charge in [-0.05, 0) is 52.3 Å². The average molecular weight is 507 g/mol. The highest BCUT2D eigenvalue weighted by molar-refractivity contribution is 6.77. The van der Waals surface area contributed by atoms with Crippen LogP contribution in [0.2, 0.25) is 16.6 Å². The molecule has 0 bridgehead atoms. The summed E-state index contributed by atoms with van der Waals surface area (Å²) in [5, 5.41) is 0. The van der Waals surface area contributed by atoms with Gasteiger partial charge in [-0.2, -0.15) is 0 Å². The molecule has 2 aliphatic carbocycles. The number of rotatable bonds is 11. The van der Waals surface area contributed by atoms with Crippen LogP contribution in [0.1, 0.15) is 59.9 Å². The zero-order chi connectivity index (χ0) is 26.0. The lowest BCUT2D eigenvalue weighted by Gasteiger charge is -2.50. The molecule has 196 valence electrons. The van der Waals surface area contributed by atoms with Crippen molar-refractivity contribution >= 4 is 8.32 Å². The maximum Gasteiger partial charge on any atom is 0.200 e. The first-order chi connectivity index (χ1) is 17.2. The van der Waals surface area contributed by atoms with E-state index in [0.717, 1.165) is 19.4 Å². The predicted molar refractivity (Wildman–Crippen MR) is 152 cm³/mol. The van der Waals surface area contributed by atoms with E-state index in [1.165, 1.54) is 16.7 Å². The molecular formula is C32H46O3Si. The van der Waals surface area contributed by atoms with Crippen LogP contribution < -0.4 is 0 Å². The Balaban J connectivity index is 1.68. The van der Waals surface area contributed by atoms with Gasteiger partial charge in [0, 0.05) is 11.3 Å². The quantitative estimate of drug-likeness (QED) is 0.223. The Morgan fingerprint density at radius 2 is 1.72 bits per heavy atom. The number of ether oxygens (including phenoxy) is 2. The summed E-state index contributed by atoms with van der Waals surface area (Å²) in [5.74, 6) is 0.472. The normalized spacial score (nSPS) is 27.5. The van der Waals surface area contributed by atoms with Crippen molar-refractivity contribution in [2.75, 3.05) is 19.8 Å². The minimum atomic E-state index is -2.01. The molecule has 1 aliphatic heterocycles. The Morgan fingerprint density at radius 1 is 1.03 bits per heavy atom. The molecule has 0 saturated heterocycles. The highest BCUT2D eigenvalue weighted by Crippen LogP contribution is 2.61. The molecule has 1 aromatic rings. The molecular weight excluding hydrogens is 460 g/mol. The molecule has 4 heteroatoms. The topological polar surface area (TPSA) is 27.7 Å². The molecule has 0 radical (unpaired) electrons. The second-order valence-corrected chi connectivity index (χ2v) is 17.4. The van der Waals surface area contributed by atoms with E-state index >= 15 is 0 Å². The average Bonchev–Trinajstić information content (AvgIpc) is 3.26. The third kappa shape index (κ3) is 4.50. The molecule has 3 atom stereocenters. The molecule has 0 fully saturated rings. The van der Waals surface area contributed by atoms with Gasteiger partial charge in [0.2, 0.25) is 8.32 Å². The van der Waals surface area contributed by atoms with Crippen LogP contribution >= 0.6 is 0 Å². The van der Waals surface area contributed by atoms with Gasteiger partial charge < -0.3 is 13.9 Å². The minimum Gasteiger partial charge on any atom is -0.501 e. The van der Waals surface area contributed by atoms with Crippen LogP contribution in [-0.2, 0) is 20.5 Å². The van der Waals surface area contributed by atoms with Crippen molar-refractivity contribution in [2.45, 2.75) is 77.6 Å². The van der Waals surface area contributed by atoms with Crippen molar-refractivity contribution in [3.63, 3.8) is 0 Å². The van der Waals surface area contributed by atoms with Gasteiger partial charge in [-0.25, -0.2) is 0 Å². The number of allylic oxidation sites excluding steroid dienone is 3. The maximum atomic E-state index is 7.15. The van der Waals surface area contributed by atoms with Gasteiger partial charge in [-0.3, -0.25) is 0 Å². The molecule has 3 nitrogen and oxygen atoms in total. The third-order valence-electron chi connectivity index (χ3n) is 9.31. The van der Waals surface area contributed by atoms with Crippen molar-refractivity contribution in [3.05, 3.63) is 84.2 Å². The van der Waals surface area contributed by atoms with E-state index in [4.69, 9.17) is 13.9 Å². The molecule has 0 amide bonds. The molecule has 0 aromatic heterocycles. The van der Waals surface area contributed by atoms with Gasteiger partial charge in [0.15, 0.2) is 0 Å². The first-order valence-corrected chi connectivity index (χ1v) is 16.0. The fourth-order valence-corrected chi connectivity index (χ4v) is 12.9. The molecule has 0 saturated carbocycles. The Labute approximate surface area is 220 Å². The molecule has 36 heavy (non-hydrogen) atoms. The standard InChI is InChI=1S/C32H46O3Si/c1-8-31(23-34-20-27-12-10-9-11-13-27)29(22-35-36(24(2)3,25(4)5)26(6)7)16-17-32-18-19-33-21-28(32)14-15-30(31)32/h8-13,15-16,18-19,24-26,28H,1,14,17,20-23H2,2-7H3/t28-,31+,32+/m0/s1. The molecule has 1 spiro atoms. The van der Waals surface area contributed by atoms with E-state index in [0.29, 0.717) is 42.4 Å². The summed E-state index contributed by atoms with van der Waals surface area (Å²) in [6, 6.07) is 10.4. The zero-order valence-corrected chi connectivity index (χ0v) is 24.3. The van der Waals surface area contributed by atoms with Crippen molar-refractivity contribution in [3.8, 4) is 0 Å². The van der Waals surface area contributed by atoms with E-state index < -0.39 is 8.32 Å². The molecule has 0 N–H and O–H groups in total. The summed E-state index contributed by atoms with van der Waals surface area (Å²) in [6.45, 7) is 21.2. The summed E-state index contributed by atoms with van der Waals surface area (Å²) in [5.41, 5.74) is 5.23. The van der Waals surface area contributed by atoms with Crippen LogP contribution in [0.3, 0.4) is 0 Å². The number of benzene rings is 1. The second-order valence-electron chi connectivity index (χ2n) is 11.9. The predicted octanol–water partition coefficient (Wildman–Crippen LogP) is 8.37. The lowest BCUT2D eigenvalue weighted by atomic mass is 9.56. The first kappa shape index (κ1) is 27.2. The monoisotopic (exact) mass is 506 g/mol. The van der Waals surface area contributed by atoms with Crippen LogP contribution in [-0.4, -0.2) is 28.1 Å². The molecule has 4 rings (SSSR count). The summed E-state index contributed by atoms with van der Waals surface area (Å²) >= 11 is 0. The van der Waals surface area contributed by atoms with Gasteiger partial charge in [-0.1, -0.05) is 90.1 Å². The van der Waals surface area contributed by atoms with E-state index in [-0.39, 0.29) is 10.8 Å².